The minimum absolute atomic E-state index is 0.535. The molecule has 0 atom stereocenters. The van der Waals surface area contributed by atoms with Crippen molar-refractivity contribution >= 4 is 5.65 Å². The van der Waals surface area contributed by atoms with Gasteiger partial charge in [0, 0.05) is 12.1 Å². The summed E-state index contributed by atoms with van der Waals surface area (Å²) in [5.41, 5.74) is 2.40. The lowest BCUT2D eigenvalue weighted by Crippen LogP contribution is -2.34. The quantitative estimate of drug-likeness (QED) is 0.721. The molecular weight excluding hydrogens is 296 g/mol. The molecule has 0 unspecified atom stereocenters. The fraction of sp³-hybridized carbons (Fsp3) is 0.400. The molecule has 24 heavy (non-hydrogen) atoms. The monoisotopic (exact) mass is 320 g/mol. The molecule has 1 fully saturated rings. The molecule has 0 spiro atoms. The number of rotatable bonds is 5. The highest BCUT2D eigenvalue weighted by atomic mass is 15.2. The fourth-order valence-electron chi connectivity index (χ4n) is 3.70. The summed E-state index contributed by atoms with van der Waals surface area (Å²) >= 11 is 0. The van der Waals surface area contributed by atoms with Crippen molar-refractivity contribution in [3.63, 3.8) is 0 Å². The Morgan fingerprint density at radius 3 is 2.54 bits per heavy atom. The third-order valence-corrected chi connectivity index (χ3v) is 5.08. The van der Waals surface area contributed by atoms with Crippen molar-refractivity contribution in [1.29, 1.82) is 0 Å². The zero-order chi connectivity index (χ0) is 16.2. The van der Waals surface area contributed by atoms with Gasteiger partial charge in [0.2, 0.25) is 0 Å². The second kappa shape index (κ2) is 7.14. The second-order valence-corrected chi connectivity index (χ2v) is 6.69. The van der Waals surface area contributed by atoms with E-state index in [-0.39, 0.29) is 0 Å². The average molecular weight is 320 g/mol. The van der Waals surface area contributed by atoms with E-state index >= 15 is 0 Å². The van der Waals surface area contributed by atoms with E-state index < -0.39 is 0 Å². The van der Waals surface area contributed by atoms with Crippen molar-refractivity contribution in [2.75, 3.05) is 19.6 Å². The van der Waals surface area contributed by atoms with Crippen LogP contribution in [-0.2, 0) is 6.42 Å². The van der Waals surface area contributed by atoms with Crippen LogP contribution in [0.1, 0.15) is 36.6 Å². The van der Waals surface area contributed by atoms with Gasteiger partial charge >= 0.3 is 0 Å². The molecule has 4 nitrogen and oxygen atoms in total. The van der Waals surface area contributed by atoms with Crippen LogP contribution in [0.4, 0.5) is 0 Å². The van der Waals surface area contributed by atoms with Crippen LogP contribution in [0.5, 0.6) is 0 Å². The Hall–Kier alpha value is -2.20. The number of pyridine rings is 1. The summed E-state index contributed by atoms with van der Waals surface area (Å²) in [5, 5.41) is 8.74. The molecule has 1 saturated heterocycles. The molecule has 4 heteroatoms. The smallest absolute Gasteiger partial charge is 0.160 e. The predicted octanol–water partition coefficient (Wildman–Crippen LogP) is 3.54. The van der Waals surface area contributed by atoms with Crippen LogP contribution in [0.3, 0.4) is 0 Å². The van der Waals surface area contributed by atoms with Crippen molar-refractivity contribution < 1.29 is 0 Å². The summed E-state index contributed by atoms with van der Waals surface area (Å²) in [5.74, 6) is 1.67. The minimum atomic E-state index is 0.535. The lowest BCUT2D eigenvalue weighted by atomic mass is 9.95. The van der Waals surface area contributed by atoms with E-state index in [1.165, 1.54) is 50.9 Å². The summed E-state index contributed by atoms with van der Waals surface area (Å²) in [4.78, 5) is 2.60. The SMILES string of the molecule is c1ccc(CCCN2CCC(c3nnc4ccccn34)CC2)cc1. The van der Waals surface area contributed by atoms with Crippen LogP contribution in [0.25, 0.3) is 5.65 Å². The molecular formula is C20H24N4. The first kappa shape index (κ1) is 15.3. The Morgan fingerprint density at radius 2 is 1.71 bits per heavy atom. The summed E-state index contributed by atoms with van der Waals surface area (Å²) in [6.45, 7) is 3.53. The highest BCUT2D eigenvalue weighted by Gasteiger charge is 2.24. The molecule has 1 aliphatic heterocycles. The summed E-state index contributed by atoms with van der Waals surface area (Å²) in [7, 11) is 0. The van der Waals surface area contributed by atoms with Gasteiger partial charge in [-0.1, -0.05) is 36.4 Å². The number of nitrogens with zero attached hydrogens (tertiary/aromatic N) is 4. The van der Waals surface area contributed by atoms with Crippen LogP contribution in [0, 0.1) is 0 Å². The molecule has 4 rings (SSSR count). The maximum absolute atomic E-state index is 4.44. The number of benzene rings is 1. The fourth-order valence-corrected chi connectivity index (χ4v) is 3.70. The van der Waals surface area contributed by atoms with Crippen LogP contribution < -0.4 is 0 Å². The van der Waals surface area contributed by atoms with E-state index in [9.17, 15) is 0 Å². The summed E-state index contributed by atoms with van der Waals surface area (Å²) in [6, 6.07) is 16.9. The summed E-state index contributed by atoms with van der Waals surface area (Å²) < 4.78 is 2.15. The van der Waals surface area contributed by atoms with Gasteiger partial charge in [0.05, 0.1) is 0 Å². The first-order valence-corrected chi connectivity index (χ1v) is 8.96. The van der Waals surface area contributed by atoms with Crippen LogP contribution in [0.15, 0.2) is 54.7 Å². The second-order valence-electron chi connectivity index (χ2n) is 6.69. The first-order chi connectivity index (χ1) is 11.9. The number of aryl methyl sites for hydroxylation is 1. The predicted molar refractivity (Wildman–Crippen MR) is 96.2 cm³/mol. The van der Waals surface area contributed by atoms with Crippen molar-refractivity contribution in [1.82, 2.24) is 19.5 Å². The molecule has 1 aliphatic rings. The number of likely N-dealkylation sites (tertiary alicyclic amines) is 1. The van der Waals surface area contributed by atoms with E-state index in [0.717, 1.165) is 11.5 Å². The number of hydrogen-bond donors (Lipinski definition) is 0. The highest BCUT2D eigenvalue weighted by Crippen LogP contribution is 2.27. The van der Waals surface area contributed by atoms with Gasteiger partial charge in [-0.05, 0) is 63.0 Å². The van der Waals surface area contributed by atoms with E-state index in [0.29, 0.717) is 5.92 Å². The van der Waals surface area contributed by atoms with Crippen molar-refractivity contribution in [3.05, 3.63) is 66.1 Å². The third kappa shape index (κ3) is 3.34. The van der Waals surface area contributed by atoms with Crippen LogP contribution >= 0.6 is 0 Å². The van der Waals surface area contributed by atoms with Gasteiger partial charge in [0.1, 0.15) is 5.82 Å². The zero-order valence-electron chi connectivity index (χ0n) is 14.0. The maximum Gasteiger partial charge on any atom is 0.160 e. The van der Waals surface area contributed by atoms with E-state index in [1.807, 2.05) is 12.1 Å². The third-order valence-electron chi connectivity index (χ3n) is 5.08. The number of aromatic nitrogens is 3. The number of hydrogen-bond acceptors (Lipinski definition) is 3. The maximum atomic E-state index is 4.44. The Bertz CT molecular complexity index is 772. The van der Waals surface area contributed by atoms with Crippen LogP contribution in [-0.4, -0.2) is 39.1 Å². The highest BCUT2D eigenvalue weighted by molar-refractivity contribution is 5.37. The van der Waals surface area contributed by atoms with E-state index in [2.05, 4.69) is 62.1 Å². The van der Waals surface area contributed by atoms with Crippen molar-refractivity contribution in [2.45, 2.75) is 31.6 Å². The Morgan fingerprint density at radius 1 is 0.917 bits per heavy atom. The molecule has 3 heterocycles. The lowest BCUT2D eigenvalue weighted by molar-refractivity contribution is 0.207. The van der Waals surface area contributed by atoms with E-state index in [1.54, 1.807) is 0 Å². The Labute approximate surface area is 143 Å². The molecule has 124 valence electrons. The molecule has 2 aromatic heterocycles. The molecule has 3 aromatic rings. The first-order valence-electron chi connectivity index (χ1n) is 8.96. The number of piperidine rings is 1. The standard InChI is InChI=1S/C20H24N4/c1-2-7-17(8-3-1)9-6-13-23-15-11-18(12-16-23)20-22-21-19-10-4-5-14-24(19)20/h1-5,7-8,10,14,18H,6,9,11-13,15-16H2. The molecule has 0 bridgehead atoms. The Kier molecular flexibility index (Phi) is 4.56. The van der Waals surface area contributed by atoms with Gasteiger partial charge in [-0.25, -0.2) is 0 Å². The summed E-state index contributed by atoms with van der Waals surface area (Å²) in [6.07, 6.45) is 6.86. The topological polar surface area (TPSA) is 33.4 Å². The van der Waals surface area contributed by atoms with Crippen LogP contribution in [0.2, 0.25) is 0 Å². The van der Waals surface area contributed by atoms with Gasteiger partial charge in [-0.2, -0.15) is 0 Å². The largest absolute Gasteiger partial charge is 0.303 e. The molecule has 0 aliphatic carbocycles. The van der Waals surface area contributed by atoms with Crippen molar-refractivity contribution in [3.8, 4) is 0 Å². The molecule has 0 saturated carbocycles. The lowest BCUT2D eigenvalue weighted by Gasteiger charge is -2.31. The van der Waals surface area contributed by atoms with Crippen molar-refractivity contribution in [2.24, 2.45) is 0 Å². The van der Waals surface area contributed by atoms with Gasteiger partial charge in [0.15, 0.2) is 5.65 Å². The molecule has 0 radical (unpaired) electrons. The normalized spacial score (nSPS) is 16.7. The van der Waals surface area contributed by atoms with Gasteiger partial charge in [0.25, 0.3) is 0 Å². The molecule has 0 amide bonds. The van der Waals surface area contributed by atoms with Gasteiger partial charge in [-0.3, -0.25) is 4.40 Å². The number of fused-ring (bicyclic) bond motifs is 1. The molecule has 0 N–H and O–H groups in total. The van der Waals surface area contributed by atoms with Gasteiger partial charge in [-0.15, -0.1) is 10.2 Å². The van der Waals surface area contributed by atoms with Gasteiger partial charge < -0.3 is 4.90 Å². The zero-order valence-corrected chi connectivity index (χ0v) is 14.0. The van der Waals surface area contributed by atoms with E-state index in [4.69, 9.17) is 0 Å². The minimum Gasteiger partial charge on any atom is -0.303 e. The average Bonchev–Trinajstić information content (AvgIpc) is 3.07. The molecule has 1 aromatic carbocycles. The Balaban J connectivity index is 1.29.